The van der Waals surface area contributed by atoms with Crippen LogP contribution in [0.3, 0.4) is 0 Å². The molecule has 1 atom stereocenters. The van der Waals surface area contributed by atoms with Gasteiger partial charge in [-0.3, -0.25) is 4.79 Å². The summed E-state index contributed by atoms with van der Waals surface area (Å²) >= 11 is 0. The second-order valence-corrected chi connectivity index (χ2v) is 4.09. The Balaban J connectivity index is 2.56. The summed E-state index contributed by atoms with van der Waals surface area (Å²) in [5.74, 6) is -0.767. The number of aryl methyl sites for hydroxylation is 1. The quantitative estimate of drug-likeness (QED) is 0.763. The topological polar surface area (TPSA) is 58.6 Å². The SMILES string of the molecule is COCC(C)Nc1cccc(CCC(=O)O)c1. The number of carbonyl (C=O) groups is 1. The molecule has 17 heavy (non-hydrogen) atoms. The Morgan fingerprint density at radius 3 is 2.94 bits per heavy atom. The van der Waals surface area contributed by atoms with E-state index in [2.05, 4.69) is 5.32 Å². The number of aliphatic carboxylic acids is 1. The molecule has 0 bridgehead atoms. The van der Waals surface area contributed by atoms with E-state index in [1.807, 2.05) is 31.2 Å². The van der Waals surface area contributed by atoms with Crippen LogP contribution in [0.25, 0.3) is 0 Å². The maximum atomic E-state index is 10.5. The van der Waals surface area contributed by atoms with Crippen molar-refractivity contribution >= 4 is 11.7 Å². The van der Waals surface area contributed by atoms with Crippen LogP contribution in [0.2, 0.25) is 0 Å². The lowest BCUT2D eigenvalue weighted by Gasteiger charge is -2.14. The van der Waals surface area contributed by atoms with E-state index in [1.54, 1.807) is 7.11 Å². The number of benzene rings is 1. The number of rotatable bonds is 7. The molecule has 0 saturated carbocycles. The van der Waals surface area contributed by atoms with Gasteiger partial charge in [-0.15, -0.1) is 0 Å². The first-order chi connectivity index (χ1) is 8.11. The van der Waals surface area contributed by atoms with Crippen molar-refractivity contribution in [2.45, 2.75) is 25.8 Å². The van der Waals surface area contributed by atoms with Crippen molar-refractivity contribution in [1.29, 1.82) is 0 Å². The van der Waals surface area contributed by atoms with Crippen molar-refractivity contribution in [3.05, 3.63) is 29.8 Å². The van der Waals surface area contributed by atoms with Gasteiger partial charge in [-0.05, 0) is 31.0 Å². The van der Waals surface area contributed by atoms with E-state index in [9.17, 15) is 4.79 Å². The summed E-state index contributed by atoms with van der Waals surface area (Å²) in [7, 11) is 1.67. The van der Waals surface area contributed by atoms with E-state index >= 15 is 0 Å². The minimum atomic E-state index is -0.767. The zero-order valence-corrected chi connectivity index (χ0v) is 10.3. The van der Waals surface area contributed by atoms with Gasteiger partial charge in [0.1, 0.15) is 0 Å². The molecule has 1 aromatic carbocycles. The van der Waals surface area contributed by atoms with Gasteiger partial charge in [-0.1, -0.05) is 12.1 Å². The summed E-state index contributed by atoms with van der Waals surface area (Å²) < 4.78 is 5.04. The lowest BCUT2D eigenvalue weighted by molar-refractivity contribution is -0.136. The van der Waals surface area contributed by atoms with Crippen molar-refractivity contribution in [3.63, 3.8) is 0 Å². The van der Waals surface area contributed by atoms with Crippen LogP contribution in [0.4, 0.5) is 5.69 Å². The van der Waals surface area contributed by atoms with Gasteiger partial charge in [-0.2, -0.15) is 0 Å². The summed E-state index contributed by atoms with van der Waals surface area (Å²) in [6, 6.07) is 8.05. The fraction of sp³-hybridized carbons (Fsp3) is 0.462. The Labute approximate surface area is 102 Å². The summed E-state index contributed by atoms with van der Waals surface area (Å²) in [5, 5.41) is 11.9. The largest absolute Gasteiger partial charge is 0.481 e. The molecule has 0 aliphatic rings. The first-order valence-corrected chi connectivity index (χ1v) is 5.68. The number of nitrogens with one attached hydrogen (secondary N) is 1. The number of carboxylic acid groups (broad SMARTS) is 1. The lowest BCUT2D eigenvalue weighted by Crippen LogP contribution is -2.20. The number of methoxy groups -OCH3 is 1. The highest BCUT2D eigenvalue weighted by Crippen LogP contribution is 2.13. The third-order valence-corrected chi connectivity index (χ3v) is 2.38. The molecule has 94 valence electrons. The maximum Gasteiger partial charge on any atom is 0.303 e. The molecule has 1 aromatic rings. The normalized spacial score (nSPS) is 12.1. The van der Waals surface area contributed by atoms with E-state index < -0.39 is 5.97 Å². The van der Waals surface area contributed by atoms with E-state index in [-0.39, 0.29) is 12.5 Å². The van der Waals surface area contributed by atoms with Crippen LogP contribution in [0.5, 0.6) is 0 Å². The number of carboxylic acids is 1. The van der Waals surface area contributed by atoms with Crippen molar-refractivity contribution < 1.29 is 14.6 Å². The van der Waals surface area contributed by atoms with Crippen molar-refractivity contribution in [2.24, 2.45) is 0 Å². The number of hydrogen-bond donors (Lipinski definition) is 2. The minimum Gasteiger partial charge on any atom is -0.481 e. The Morgan fingerprint density at radius 2 is 2.29 bits per heavy atom. The summed E-state index contributed by atoms with van der Waals surface area (Å²) in [6.07, 6.45) is 0.723. The standard InChI is InChI=1S/C13H19NO3/c1-10(9-17-2)14-12-5-3-4-11(8-12)6-7-13(15)16/h3-5,8,10,14H,6-7,9H2,1-2H3,(H,15,16). The predicted octanol–water partition coefficient (Wildman–Crippen LogP) is 2.15. The molecule has 1 unspecified atom stereocenters. The third-order valence-electron chi connectivity index (χ3n) is 2.38. The van der Waals surface area contributed by atoms with Gasteiger partial charge in [-0.25, -0.2) is 0 Å². The van der Waals surface area contributed by atoms with E-state index in [1.165, 1.54) is 0 Å². The molecule has 0 aromatic heterocycles. The molecule has 0 aliphatic carbocycles. The van der Waals surface area contributed by atoms with Crippen LogP contribution in [-0.4, -0.2) is 30.8 Å². The van der Waals surface area contributed by atoms with E-state index in [0.717, 1.165) is 11.3 Å². The molecule has 0 spiro atoms. The van der Waals surface area contributed by atoms with Crippen LogP contribution in [-0.2, 0) is 16.0 Å². The molecule has 0 amide bonds. The van der Waals surface area contributed by atoms with Gasteiger partial charge in [0, 0.05) is 25.3 Å². The van der Waals surface area contributed by atoms with Crippen LogP contribution < -0.4 is 5.32 Å². The fourth-order valence-corrected chi connectivity index (χ4v) is 1.64. The molecule has 0 saturated heterocycles. The Hall–Kier alpha value is -1.55. The van der Waals surface area contributed by atoms with Gasteiger partial charge >= 0.3 is 5.97 Å². The van der Waals surface area contributed by atoms with Gasteiger partial charge in [0.25, 0.3) is 0 Å². The molecule has 1 rings (SSSR count). The van der Waals surface area contributed by atoms with Crippen LogP contribution >= 0.6 is 0 Å². The summed E-state index contributed by atoms with van der Waals surface area (Å²) in [6.45, 7) is 2.67. The Bertz CT molecular complexity index is 365. The number of hydrogen-bond acceptors (Lipinski definition) is 3. The monoisotopic (exact) mass is 237 g/mol. The number of anilines is 1. The molecular weight excluding hydrogens is 218 g/mol. The molecule has 0 heterocycles. The zero-order valence-electron chi connectivity index (χ0n) is 10.3. The molecule has 0 aliphatic heterocycles. The van der Waals surface area contributed by atoms with Crippen LogP contribution in [0.1, 0.15) is 18.9 Å². The molecule has 2 N–H and O–H groups in total. The molecule has 0 fully saturated rings. The van der Waals surface area contributed by atoms with Gasteiger partial charge in [0.15, 0.2) is 0 Å². The highest BCUT2D eigenvalue weighted by Gasteiger charge is 2.03. The summed E-state index contributed by atoms with van der Waals surface area (Å²) in [4.78, 5) is 10.5. The van der Waals surface area contributed by atoms with Crippen LogP contribution in [0, 0.1) is 0 Å². The predicted molar refractivity (Wildman–Crippen MR) is 67.4 cm³/mol. The zero-order chi connectivity index (χ0) is 12.7. The van der Waals surface area contributed by atoms with Gasteiger partial charge in [0.05, 0.1) is 6.61 Å². The summed E-state index contributed by atoms with van der Waals surface area (Å²) in [5.41, 5.74) is 2.03. The first kappa shape index (κ1) is 13.5. The van der Waals surface area contributed by atoms with Crippen molar-refractivity contribution in [2.75, 3.05) is 19.0 Å². The van der Waals surface area contributed by atoms with Crippen molar-refractivity contribution in [3.8, 4) is 0 Å². The highest BCUT2D eigenvalue weighted by molar-refractivity contribution is 5.67. The second kappa shape index (κ2) is 6.91. The molecular formula is C13H19NO3. The third kappa shape index (κ3) is 5.36. The average Bonchev–Trinajstić information content (AvgIpc) is 2.27. The maximum absolute atomic E-state index is 10.5. The van der Waals surface area contributed by atoms with E-state index in [0.29, 0.717) is 13.0 Å². The van der Waals surface area contributed by atoms with Crippen LogP contribution in [0.15, 0.2) is 24.3 Å². The Morgan fingerprint density at radius 1 is 1.53 bits per heavy atom. The lowest BCUT2D eigenvalue weighted by atomic mass is 10.1. The molecule has 0 radical (unpaired) electrons. The smallest absolute Gasteiger partial charge is 0.303 e. The molecule has 4 heteroatoms. The first-order valence-electron chi connectivity index (χ1n) is 5.68. The second-order valence-electron chi connectivity index (χ2n) is 4.09. The van der Waals surface area contributed by atoms with Crippen molar-refractivity contribution in [1.82, 2.24) is 0 Å². The van der Waals surface area contributed by atoms with Gasteiger partial charge < -0.3 is 15.2 Å². The highest BCUT2D eigenvalue weighted by atomic mass is 16.5. The van der Waals surface area contributed by atoms with Gasteiger partial charge in [0.2, 0.25) is 0 Å². The fourth-order valence-electron chi connectivity index (χ4n) is 1.64. The molecule has 4 nitrogen and oxygen atoms in total. The Kier molecular flexibility index (Phi) is 5.49. The minimum absolute atomic E-state index is 0.164. The average molecular weight is 237 g/mol. The van der Waals surface area contributed by atoms with E-state index in [4.69, 9.17) is 9.84 Å². The number of ether oxygens (including phenoxy) is 1.